The highest BCUT2D eigenvalue weighted by Gasteiger charge is 2.48. The summed E-state index contributed by atoms with van der Waals surface area (Å²) in [6.07, 6.45) is 0. The van der Waals surface area contributed by atoms with Gasteiger partial charge in [-0.1, -0.05) is 151 Å². The average Bonchev–Trinajstić information content (AvgIpc) is 3.60. The monoisotopic (exact) mass is 629 g/mol. The van der Waals surface area contributed by atoms with E-state index in [1.165, 1.54) is 94.4 Å². The first kappa shape index (κ1) is 28.7. The van der Waals surface area contributed by atoms with Crippen molar-refractivity contribution in [3.8, 4) is 55.8 Å². The summed E-state index contributed by atoms with van der Waals surface area (Å²) in [4.78, 5) is 5.72. The molecule has 3 aliphatic rings. The van der Waals surface area contributed by atoms with Gasteiger partial charge in [-0.2, -0.15) is 0 Å². The first-order valence-corrected chi connectivity index (χ1v) is 17.6. The third kappa shape index (κ3) is 3.63. The molecule has 0 fully saturated rings. The van der Waals surface area contributed by atoms with E-state index in [2.05, 4.69) is 169 Å². The van der Waals surface area contributed by atoms with Gasteiger partial charge in [0.1, 0.15) is 0 Å². The van der Waals surface area contributed by atoms with Crippen LogP contribution in [0.5, 0.6) is 0 Å². The van der Waals surface area contributed by atoms with Crippen molar-refractivity contribution in [3.05, 3.63) is 161 Å². The lowest BCUT2D eigenvalue weighted by atomic mass is 9.72. The van der Waals surface area contributed by atoms with Crippen LogP contribution in [-0.2, 0) is 16.2 Å². The lowest BCUT2D eigenvalue weighted by Gasteiger charge is -2.30. The fraction of sp³-hybridized carbons (Fsp3) is 0.188. The minimum Gasteiger partial charge on any atom is -0.251 e. The largest absolute Gasteiger partial charge is 0.251 e. The van der Waals surface area contributed by atoms with Gasteiger partial charge >= 0.3 is 0 Å². The highest BCUT2D eigenvalue weighted by molar-refractivity contribution is 6.09. The number of benzene rings is 6. The van der Waals surface area contributed by atoms with Crippen LogP contribution >= 0.6 is 0 Å². The van der Waals surface area contributed by atoms with Crippen LogP contribution < -0.4 is 0 Å². The summed E-state index contributed by atoms with van der Waals surface area (Å²) in [5.74, 6) is 0. The number of fused-ring (bicyclic) bond motifs is 12. The van der Waals surface area contributed by atoms with E-state index < -0.39 is 0 Å². The summed E-state index contributed by atoms with van der Waals surface area (Å²) in [5, 5.41) is 2.61. The summed E-state index contributed by atoms with van der Waals surface area (Å²) in [7, 11) is 0. The second-order valence-electron chi connectivity index (χ2n) is 16.0. The predicted octanol–water partition coefficient (Wildman–Crippen LogP) is 12.5. The molecule has 1 aromatic heterocycles. The van der Waals surface area contributed by atoms with Crippen LogP contribution in [0.15, 0.2) is 127 Å². The van der Waals surface area contributed by atoms with Crippen LogP contribution in [0.2, 0.25) is 0 Å². The summed E-state index contributed by atoms with van der Waals surface area (Å²) in [5.41, 5.74) is 20.6. The van der Waals surface area contributed by atoms with E-state index in [1.807, 2.05) is 0 Å². The van der Waals surface area contributed by atoms with E-state index in [0.717, 1.165) is 5.69 Å². The van der Waals surface area contributed by atoms with Crippen molar-refractivity contribution in [1.29, 1.82) is 0 Å². The zero-order chi connectivity index (χ0) is 33.4. The van der Waals surface area contributed by atoms with Crippen molar-refractivity contribution >= 4 is 10.8 Å². The van der Waals surface area contributed by atoms with Crippen LogP contribution in [0.25, 0.3) is 66.5 Å². The van der Waals surface area contributed by atoms with Crippen molar-refractivity contribution in [1.82, 2.24) is 4.98 Å². The van der Waals surface area contributed by atoms with E-state index >= 15 is 0 Å². The van der Waals surface area contributed by atoms with Crippen molar-refractivity contribution in [3.63, 3.8) is 0 Å². The van der Waals surface area contributed by atoms with Gasteiger partial charge in [0.25, 0.3) is 0 Å². The number of nitrogens with zero attached hydrogens (tertiary/aromatic N) is 1. The lowest BCUT2D eigenvalue weighted by Crippen LogP contribution is -2.24. The van der Waals surface area contributed by atoms with Crippen molar-refractivity contribution in [2.45, 2.75) is 57.8 Å². The lowest BCUT2D eigenvalue weighted by molar-refractivity contribution is 0.599. The molecule has 7 aromatic rings. The van der Waals surface area contributed by atoms with Crippen molar-refractivity contribution in [2.75, 3.05) is 0 Å². The molecule has 0 unspecified atom stereocenters. The topological polar surface area (TPSA) is 12.9 Å². The van der Waals surface area contributed by atoms with E-state index in [0.29, 0.717) is 0 Å². The Labute approximate surface area is 289 Å². The molecule has 0 saturated carbocycles. The first-order valence-electron chi connectivity index (χ1n) is 17.6. The number of hydrogen-bond donors (Lipinski definition) is 0. The molecule has 0 N–H and O–H groups in total. The van der Waals surface area contributed by atoms with Gasteiger partial charge in [0.05, 0.1) is 11.4 Å². The first-order chi connectivity index (χ1) is 23.6. The molecule has 49 heavy (non-hydrogen) atoms. The molecule has 0 saturated heterocycles. The molecule has 3 aliphatic carbocycles. The standard InChI is InChI=1S/C48H39N/c1-46(2)38-25-30(28-15-9-7-10-16-28)21-22-32(38)34-23-24-35-43(42(34)46)47(3,4)40-27-37-41-33-20-14-13-19-31(33)36(29-17-11-8-12-18-29)26-39(41)48(5,6)45(37)49-44(35)40/h7-27H,1-6H3. The molecule has 1 heteroatoms. The SMILES string of the molecule is CC1(C)c2cc(-c3ccccc3)c3ccccc3c2-c2cc3c(nc21)-c1ccc2c(c1C3(C)C)C(C)(C)c1cc(-c3ccccc3)ccc1-2. The van der Waals surface area contributed by atoms with Gasteiger partial charge in [0.15, 0.2) is 0 Å². The maximum atomic E-state index is 5.72. The van der Waals surface area contributed by atoms with Gasteiger partial charge in [-0.15, -0.1) is 0 Å². The Balaban J connectivity index is 1.18. The molecule has 1 nitrogen and oxygen atoms in total. The summed E-state index contributed by atoms with van der Waals surface area (Å²) in [6, 6.07) is 47.4. The van der Waals surface area contributed by atoms with Crippen molar-refractivity contribution in [2.24, 2.45) is 0 Å². The second-order valence-corrected chi connectivity index (χ2v) is 16.0. The van der Waals surface area contributed by atoms with Gasteiger partial charge in [-0.05, 0) is 95.7 Å². The Morgan fingerprint density at radius 1 is 0.388 bits per heavy atom. The number of aromatic nitrogens is 1. The van der Waals surface area contributed by atoms with E-state index in [4.69, 9.17) is 4.98 Å². The summed E-state index contributed by atoms with van der Waals surface area (Å²) >= 11 is 0. The van der Waals surface area contributed by atoms with Crippen molar-refractivity contribution < 1.29 is 0 Å². The Kier molecular flexibility index (Phi) is 5.54. The Morgan fingerprint density at radius 3 is 1.69 bits per heavy atom. The fourth-order valence-corrected chi connectivity index (χ4v) is 9.70. The van der Waals surface area contributed by atoms with Gasteiger partial charge in [0.2, 0.25) is 0 Å². The Hall–Kier alpha value is -5.27. The van der Waals surface area contributed by atoms with E-state index in [-0.39, 0.29) is 16.2 Å². The minimum absolute atomic E-state index is 0.140. The third-order valence-electron chi connectivity index (χ3n) is 12.2. The molecule has 6 aromatic carbocycles. The summed E-state index contributed by atoms with van der Waals surface area (Å²) < 4.78 is 0. The summed E-state index contributed by atoms with van der Waals surface area (Å²) in [6.45, 7) is 14.4. The van der Waals surface area contributed by atoms with Gasteiger partial charge in [-0.3, -0.25) is 4.98 Å². The van der Waals surface area contributed by atoms with Crippen LogP contribution in [0.3, 0.4) is 0 Å². The Morgan fingerprint density at radius 2 is 0.959 bits per heavy atom. The number of hydrogen-bond acceptors (Lipinski definition) is 1. The molecular formula is C48H39N. The van der Waals surface area contributed by atoms with Gasteiger partial charge < -0.3 is 0 Å². The fourth-order valence-electron chi connectivity index (χ4n) is 9.70. The maximum Gasteiger partial charge on any atom is 0.0750 e. The van der Waals surface area contributed by atoms with Crippen LogP contribution in [-0.4, -0.2) is 4.98 Å². The highest BCUT2D eigenvalue weighted by atomic mass is 14.8. The molecular weight excluding hydrogens is 591 g/mol. The molecule has 0 radical (unpaired) electrons. The molecule has 0 atom stereocenters. The van der Waals surface area contributed by atoms with Gasteiger partial charge in [0, 0.05) is 27.4 Å². The maximum absolute atomic E-state index is 5.72. The zero-order valence-corrected chi connectivity index (χ0v) is 29.1. The van der Waals surface area contributed by atoms with Crippen LogP contribution in [0.4, 0.5) is 0 Å². The molecule has 0 spiro atoms. The third-order valence-corrected chi connectivity index (χ3v) is 12.2. The predicted molar refractivity (Wildman–Crippen MR) is 205 cm³/mol. The molecule has 0 amide bonds. The molecule has 236 valence electrons. The van der Waals surface area contributed by atoms with Crippen LogP contribution in [0, 0.1) is 0 Å². The minimum atomic E-state index is -0.236. The van der Waals surface area contributed by atoms with Crippen LogP contribution in [0.1, 0.15) is 75.1 Å². The second kappa shape index (κ2) is 9.45. The average molecular weight is 630 g/mol. The van der Waals surface area contributed by atoms with E-state index in [9.17, 15) is 0 Å². The molecule has 0 aliphatic heterocycles. The van der Waals surface area contributed by atoms with Gasteiger partial charge in [-0.25, -0.2) is 0 Å². The van der Waals surface area contributed by atoms with E-state index in [1.54, 1.807) is 0 Å². The highest BCUT2D eigenvalue weighted by Crippen LogP contribution is 2.61. The molecule has 10 rings (SSSR count). The number of rotatable bonds is 2. The zero-order valence-electron chi connectivity index (χ0n) is 29.1. The smallest absolute Gasteiger partial charge is 0.0750 e. The number of pyridine rings is 1. The quantitative estimate of drug-likeness (QED) is 0.185. The Bertz CT molecular complexity index is 2550. The normalized spacial score (nSPS) is 16.4. The molecule has 1 heterocycles. The molecule has 0 bridgehead atoms.